The maximum Gasteiger partial charge on any atom is 0.334 e. The van der Waals surface area contributed by atoms with Gasteiger partial charge in [0, 0.05) is 24.0 Å². The van der Waals surface area contributed by atoms with Crippen LogP contribution in [0.2, 0.25) is 0 Å². The number of fused-ring (bicyclic) bond motifs is 3. The normalized spacial score (nSPS) is 44.1. The Morgan fingerprint density at radius 1 is 1.42 bits per heavy atom. The second-order valence-corrected chi connectivity index (χ2v) is 7.62. The molecule has 3 aliphatic rings. The molecule has 0 aromatic carbocycles. The molecule has 2 fully saturated rings. The number of carbonyl (C=O) groups excluding carboxylic acids is 2. The SMILES string of the molecule is C=C(C)C(=O)O[C@@H]1C[C@@]2(C)O[C@](O)(C[C@@H]2O)/C(C)=C\[C@H]2OC(=O)C(=C)C21. The van der Waals surface area contributed by atoms with E-state index in [1.54, 1.807) is 19.9 Å². The van der Waals surface area contributed by atoms with Gasteiger partial charge in [-0.2, -0.15) is 0 Å². The van der Waals surface area contributed by atoms with E-state index < -0.39 is 47.6 Å². The fraction of sp³-hybridized carbons (Fsp3) is 0.579. The molecule has 0 aromatic rings. The first-order valence-corrected chi connectivity index (χ1v) is 8.52. The molecule has 2 N–H and O–H groups in total. The van der Waals surface area contributed by atoms with Crippen molar-refractivity contribution in [1.29, 1.82) is 0 Å². The number of hydrogen-bond acceptors (Lipinski definition) is 7. The van der Waals surface area contributed by atoms with E-state index in [1.165, 1.54) is 6.92 Å². The molecule has 0 amide bonds. The average molecular weight is 364 g/mol. The number of aliphatic hydroxyl groups excluding tert-OH is 1. The van der Waals surface area contributed by atoms with E-state index >= 15 is 0 Å². The van der Waals surface area contributed by atoms with Crippen LogP contribution in [0, 0.1) is 5.92 Å². The molecule has 6 atom stereocenters. The second kappa shape index (κ2) is 6.04. The van der Waals surface area contributed by atoms with Crippen molar-refractivity contribution >= 4 is 11.9 Å². The van der Waals surface area contributed by atoms with Gasteiger partial charge >= 0.3 is 11.9 Å². The van der Waals surface area contributed by atoms with Crippen LogP contribution in [0.25, 0.3) is 0 Å². The molecule has 2 saturated heterocycles. The van der Waals surface area contributed by atoms with E-state index in [1.807, 2.05) is 0 Å². The predicted molar refractivity (Wildman–Crippen MR) is 90.6 cm³/mol. The molecule has 0 saturated carbocycles. The molecule has 2 bridgehead atoms. The molecule has 7 heteroatoms. The second-order valence-electron chi connectivity index (χ2n) is 7.62. The first-order chi connectivity index (χ1) is 12.0. The van der Waals surface area contributed by atoms with Gasteiger partial charge in [-0.15, -0.1) is 0 Å². The van der Waals surface area contributed by atoms with Crippen LogP contribution in [0.1, 0.15) is 33.6 Å². The largest absolute Gasteiger partial charge is 0.458 e. The Morgan fingerprint density at radius 2 is 2.08 bits per heavy atom. The molecular weight excluding hydrogens is 340 g/mol. The minimum absolute atomic E-state index is 0.0285. The summed E-state index contributed by atoms with van der Waals surface area (Å²) >= 11 is 0. The maximum atomic E-state index is 12.1. The van der Waals surface area contributed by atoms with Gasteiger partial charge in [-0.3, -0.25) is 0 Å². The van der Waals surface area contributed by atoms with Crippen LogP contribution >= 0.6 is 0 Å². The summed E-state index contributed by atoms with van der Waals surface area (Å²) in [7, 11) is 0. The van der Waals surface area contributed by atoms with E-state index in [-0.39, 0.29) is 24.0 Å². The number of aliphatic hydroxyl groups is 2. The lowest BCUT2D eigenvalue weighted by Crippen LogP contribution is -2.44. The third-order valence-corrected chi connectivity index (χ3v) is 5.48. The summed E-state index contributed by atoms with van der Waals surface area (Å²) in [5.41, 5.74) is -0.366. The highest BCUT2D eigenvalue weighted by Crippen LogP contribution is 2.47. The number of hydrogen-bond donors (Lipinski definition) is 2. The van der Waals surface area contributed by atoms with Gasteiger partial charge in [0.25, 0.3) is 0 Å². The summed E-state index contributed by atoms with van der Waals surface area (Å²) in [6.45, 7) is 12.2. The van der Waals surface area contributed by atoms with Crippen LogP contribution in [0.15, 0.2) is 36.0 Å². The number of esters is 2. The number of rotatable bonds is 2. The Hall–Kier alpha value is -1.96. The first kappa shape index (κ1) is 18.8. The Kier molecular flexibility index (Phi) is 4.37. The molecule has 3 rings (SSSR count). The summed E-state index contributed by atoms with van der Waals surface area (Å²) in [6, 6.07) is 0. The molecular formula is C19H24O7. The topological polar surface area (TPSA) is 102 Å². The molecule has 7 nitrogen and oxygen atoms in total. The van der Waals surface area contributed by atoms with Crippen molar-refractivity contribution in [3.63, 3.8) is 0 Å². The van der Waals surface area contributed by atoms with Crippen molar-refractivity contribution in [2.24, 2.45) is 5.92 Å². The Labute approximate surface area is 151 Å². The lowest BCUT2D eigenvalue weighted by Gasteiger charge is -2.34. The molecule has 3 heterocycles. The molecule has 142 valence electrons. The minimum atomic E-state index is -1.68. The zero-order chi connectivity index (χ0) is 19.4. The predicted octanol–water partition coefficient (Wildman–Crippen LogP) is 1.15. The molecule has 0 spiro atoms. The Bertz CT molecular complexity index is 723. The van der Waals surface area contributed by atoms with Crippen LogP contribution < -0.4 is 0 Å². The smallest absolute Gasteiger partial charge is 0.334 e. The lowest BCUT2D eigenvalue weighted by molar-refractivity contribution is -0.208. The Balaban J connectivity index is 2.08. The zero-order valence-corrected chi connectivity index (χ0v) is 15.2. The molecule has 0 aliphatic carbocycles. The van der Waals surface area contributed by atoms with E-state index in [2.05, 4.69) is 13.2 Å². The van der Waals surface area contributed by atoms with Crippen LogP contribution in [-0.4, -0.2) is 51.9 Å². The van der Waals surface area contributed by atoms with Crippen LogP contribution in [-0.2, 0) is 23.8 Å². The average Bonchev–Trinajstić information content (AvgIpc) is 2.93. The summed E-state index contributed by atoms with van der Waals surface area (Å²) in [4.78, 5) is 24.2. The van der Waals surface area contributed by atoms with Crippen molar-refractivity contribution in [2.45, 2.75) is 63.3 Å². The van der Waals surface area contributed by atoms with Gasteiger partial charge in [0.1, 0.15) is 12.2 Å². The highest BCUT2D eigenvalue weighted by Gasteiger charge is 2.58. The summed E-state index contributed by atoms with van der Waals surface area (Å²) in [6.07, 6.45) is -0.957. The van der Waals surface area contributed by atoms with Crippen molar-refractivity contribution in [1.82, 2.24) is 0 Å². The van der Waals surface area contributed by atoms with Gasteiger partial charge < -0.3 is 24.4 Å². The zero-order valence-electron chi connectivity index (χ0n) is 15.2. The van der Waals surface area contributed by atoms with Crippen LogP contribution in [0.5, 0.6) is 0 Å². The van der Waals surface area contributed by atoms with E-state index in [9.17, 15) is 19.8 Å². The molecule has 0 aromatic heterocycles. The molecule has 3 aliphatic heterocycles. The fourth-order valence-corrected chi connectivity index (χ4v) is 3.83. The van der Waals surface area contributed by atoms with Gasteiger partial charge in [-0.05, 0) is 32.4 Å². The minimum Gasteiger partial charge on any atom is -0.458 e. The molecule has 0 radical (unpaired) electrons. The van der Waals surface area contributed by atoms with Gasteiger partial charge in [-0.25, -0.2) is 9.59 Å². The summed E-state index contributed by atoms with van der Waals surface area (Å²) in [5.74, 6) is -3.52. The monoisotopic (exact) mass is 364 g/mol. The standard InChI is InChI=1S/C19H24O7/c1-9(2)16(21)25-13-7-18(5)14(20)8-19(23,26-18)10(3)6-12-15(13)11(4)17(22)24-12/h6,12-15,20,23H,1,4,7-8H2,2-3,5H3/b10-6-/t12-,13-,14+,15?,18-,19-/m1/s1. The first-order valence-electron chi connectivity index (χ1n) is 8.52. The summed E-state index contributed by atoms with van der Waals surface area (Å²) < 4.78 is 16.8. The lowest BCUT2D eigenvalue weighted by atomic mass is 9.80. The van der Waals surface area contributed by atoms with Crippen LogP contribution in [0.4, 0.5) is 0 Å². The van der Waals surface area contributed by atoms with Gasteiger partial charge in [0.2, 0.25) is 0 Å². The third-order valence-electron chi connectivity index (χ3n) is 5.48. The van der Waals surface area contributed by atoms with Crippen molar-refractivity contribution in [3.8, 4) is 0 Å². The van der Waals surface area contributed by atoms with Crippen molar-refractivity contribution < 1.29 is 34.0 Å². The van der Waals surface area contributed by atoms with E-state index in [4.69, 9.17) is 14.2 Å². The highest BCUT2D eigenvalue weighted by atomic mass is 16.7. The fourth-order valence-electron chi connectivity index (χ4n) is 3.83. The third kappa shape index (κ3) is 2.90. The molecule has 26 heavy (non-hydrogen) atoms. The number of carbonyl (C=O) groups is 2. The van der Waals surface area contributed by atoms with Gasteiger partial charge in [0.15, 0.2) is 5.79 Å². The van der Waals surface area contributed by atoms with E-state index in [0.717, 1.165) is 0 Å². The highest BCUT2D eigenvalue weighted by molar-refractivity contribution is 5.91. The quantitative estimate of drug-likeness (QED) is 0.430. The van der Waals surface area contributed by atoms with Crippen LogP contribution in [0.3, 0.4) is 0 Å². The van der Waals surface area contributed by atoms with E-state index in [0.29, 0.717) is 5.57 Å². The Morgan fingerprint density at radius 3 is 2.69 bits per heavy atom. The van der Waals surface area contributed by atoms with Gasteiger partial charge in [0.05, 0.1) is 17.6 Å². The number of ether oxygens (including phenoxy) is 3. The van der Waals surface area contributed by atoms with Gasteiger partial charge in [-0.1, -0.05) is 13.2 Å². The van der Waals surface area contributed by atoms with Crippen molar-refractivity contribution in [3.05, 3.63) is 36.0 Å². The summed E-state index contributed by atoms with van der Waals surface area (Å²) in [5, 5.41) is 21.3. The van der Waals surface area contributed by atoms with Crippen molar-refractivity contribution in [2.75, 3.05) is 0 Å². The maximum absolute atomic E-state index is 12.1. The molecule has 1 unspecified atom stereocenters.